The first-order valence-electron chi connectivity index (χ1n) is 5.82. The minimum Gasteiger partial charge on any atom is -0.326 e. The molecule has 0 bridgehead atoms. The summed E-state index contributed by atoms with van der Waals surface area (Å²) >= 11 is 2.05. The van der Waals surface area contributed by atoms with Crippen LogP contribution in [0.4, 0.5) is 0 Å². The van der Waals surface area contributed by atoms with Crippen LogP contribution in [0.25, 0.3) is 0 Å². The molecule has 0 amide bonds. The molecule has 0 unspecified atom stereocenters. The highest BCUT2D eigenvalue weighted by Gasteiger charge is 2.29. The topological polar surface area (TPSA) is 29.3 Å². The van der Waals surface area contributed by atoms with Crippen LogP contribution in [0, 0.1) is 0 Å². The molecule has 3 heteroatoms. The number of hydrogen-bond donors (Lipinski definition) is 1. The van der Waals surface area contributed by atoms with Crippen LogP contribution in [0.1, 0.15) is 32.1 Å². The Bertz CT molecular complexity index is 178. The van der Waals surface area contributed by atoms with Gasteiger partial charge in [0.25, 0.3) is 0 Å². The Kier molecular flexibility index (Phi) is 3.74. The SMILES string of the molecule is CSC1CCC(N2CC[C@H](N)C2)CC1. The summed E-state index contributed by atoms with van der Waals surface area (Å²) in [5, 5.41) is 0.933. The summed E-state index contributed by atoms with van der Waals surface area (Å²) in [6.07, 6.45) is 9.09. The van der Waals surface area contributed by atoms with E-state index in [0.717, 1.165) is 17.8 Å². The lowest BCUT2D eigenvalue weighted by molar-refractivity contribution is 0.192. The fraction of sp³-hybridized carbons (Fsp3) is 1.00. The Morgan fingerprint density at radius 3 is 2.36 bits per heavy atom. The molecule has 1 saturated carbocycles. The zero-order chi connectivity index (χ0) is 9.97. The Hall–Kier alpha value is 0.270. The van der Waals surface area contributed by atoms with E-state index in [9.17, 15) is 0 Å². The van der Waals surface area contributed by atoms with E-state index in [4.69, 9.17) is 5.73 Å². The average Bonchev–Trinajstić information content (AvgIpc) is 2.65. The Morgan fingerprint density at radius 2 is 1.86 bits per heavy atom. The van der Waals surface area contributed by atoms with Crippen LogP contribution in [-0.4, -0.2) is 41.6 Å². The Morgan fingerprint density at radius 1 is 1.14 bits per heavy atom. The summed E-state index contributed by atoms with van der Waals surface area (Å²) < 4.78 is 0. The first kappa shape index (κ1) is 10.8. The predicted molar refractivity (Wildman–Crippen MR) is 63.7 cm³/mol. The summed E-state index contributed by atoms with van der Waals surface area (Å²) in [6.45, 7) is 2.39. The summed E-state index contributed by atoms with van der Waals surface area (Å²) in [7, 11) is 0. The molecule has 14 heavy (non-hydrogen) atoms. The fourth-order valence-electron chi connectivity index (χ4n) is 2.79. The lowest BCUT2D eigenvalue weighted by atomic mass is 9.94. The molecule has 0 aromatic heterocycles. The van der Waals surface area contributed by atoms with Gasteiger partial charge in [-0.15, -0.1) is 0 Å². The average molecular weight is 214 g/mol. The maximum Gasteiger partial charge on any atom is 0.0180 e. The normalized spacial score (nSPS) is 40.3. The van der Waals surface area contributed by atoms with Gasteiger partial charge in [0, 0.05) is 30.4 Å². The highest BCUT2D eigenvalue weighted by Crippen LogP contribution is 2.30. The number of rotatable bonds is 2. The van der Waals surface area contributed by atoms with Gasteiger partial charge in [-0.2, -0.15) is 11.8 Å². The van der Waals surface area contributed by atoms with E-state index in [0.29, 0.717) is 6.04 Å². The van der Waals surface area contributed by atoms with Crippen molar-refractivity contribution < 1.29 is 0 Å². The Labute approximate surface area is 91.6 Å². The van der Waals surface area contributed by atoms with Gasteiger partial charge >= 0.3 is 0 Å². The van der Waals surface area contributed by atoms with Crippen molar-refractivity contribution in [3.05, 3.63) is 0 Å². The van der Waals surface area contributed by atoms with Gasteiger partial charge in [-0.3, -0.25) is 4.90 Å². The van der Waals surface area contributed by atoms with Crippen LogP contribution < -0.4 is 5.73 Å². The van der Waals surface area contributed by atoms with E-state index in [1.807, 2.05) is 11.8 Å². The summed E-state index contributed by atoms with van der Waals surface area (Å²) in [4.78, 5) is 2.63. The molecular formula is C11H22N2S. The van der Waals surface area contributed by atoms with Crippen LogP contribution in [0.5, 0.6) is 0 Å². The van der Waals surface area contributed by atoms with Crippen LogP contribution in [0.2, 0.25) is 0 Å². The fourth-order valence-corrected chi connectivity index (χ4v) is 3.54. The third kappa shape index (κ3) is 2.44. The van der Waals surface area contributed by atoms with E-state index < -0.39 is 0 Å². The second kappa shape index (κ2) is 4.86. The highest BCUT2D eigenvalue weighted by atomic mass is 32.2. The predicted octanol–water partition coefficient (Wildman–Crippen LogP) is 1.69. The molecule has 1 aliphatic carbocycles. The van der Waals surface area contributed by atoms with Gasteiger partial charge in [0.05, 0.1) is 0 Å². The smallest absolute Gasteiger partial charge is 0.0180 e. The van der Waals surface area contributed by atoms with Crippen molar-refractivity contribution in [1.82, 2.24) is 4.90 Å². The second-order valence-corrected chi connectivity index (χ2v) is 5.85. The molecule has 1 saturated heterocycles. The molecule has 0 radical (unpaired) electrons. The quantitative estimate of drug-likeness (QED) is 0.758. The van der Waals surface area contributed by atoms with Gasteiger partial charge in [0.1, 0.15) is 0 Å². The van der Waals surface area contributed by atoms with Gasteiger partial charge in [-0.25, -0.2) is 0 Å². The molecule has 2 N–H and O–H groups in total. The molecule has 0 aromatic rings. The lowest BCUT2D eigenvalue weighted by Crippen LogP contribution is -2.38. The zero-order valence-electron chi connectivity index (χ0n) is 9.11. The lowest BCUT2D eigenvalue weighted by Gasteiger charge is -2.34. The van der Waals surface area contributed by atoms with Crippen molar-refractivity contribution in [2.45, 2.75) is 49.4 Å². The summed E-state index contributed by atoms with van der Waals surface area (Å²) in [5.41, 5.74) is 5.94. The van der Waals surface area contributed by atoms with Crippen molar-refractivity contribution in [3.8, 4) is 0 Å². The molecular weight excluding hydrogens is 192 g/mol. The highest BCUT2D eigenvalue weighted by molar-refractivity contribution is 7.99. The number of likely N-dealkylation sites (tertiary alicyclic amines) is 1. The molecule has 0 spiro atoms. The molecule has 2 aliphatic rings. The first-order chi connectivity index (χ1) is 6.79. The van der Waals surface area contributed by atoms with Crippen LogP contribution >= 0.6 is 11.8 Å². The van der Waals surface area contributed by atoms with Gasteiger partial charge in [-0.05, 0) is 38.4 Å². The van der Waals surface area contributed by atoms with Gasteiger partial charge in [0.2, 0.25) is 0 Å². The van der Waals surface area contributed by atoms with E-state index in [1.54, 1.807) is 0 Å². The number of hydrogen-bond acceptors (Lipinski definition) is 3. The van der Waals surface area contributed by atoms with Crippen LogP contribution in [0.15, 0.2) is 0 Å². The van der Waals surface area contributed by atoms with Gasteiger partial charge in [0.15, 0.2) is 0 Å². The molecule has 2 nitrogen and oxygen atoms in total. The monoisotopic (exact) mass is 214 g/mol. The summed E-state index contributed by atoms with van der Waals surface area (Å²) in [5.74, 6) is 0. The molecule has 1 aliphatic heterocycles. The molecule has 82 valence electrons. The van der Waals surface area contributed by atoms with Crippen molar-refractivity contribution >= 4 is 11.8 Å². The largest absolute Gasteiger partial charge is 0.326 e. The molecule has 1 atom stereocenters. The number of nitrogens with zero attached hydrogens (tertiary/aromatic N) is 1. The van der Waals surface area contributed by atoms with Crippen molar-refractivity contribution in [2.75, 3.05) is 19.3 Å². The molecule has 0 aromatic carbocycles. The minimum atomic E-state index is 0.452. The van der Waals surface area contributed by atoms with Crippen LogP contribution in [-0.2, 0) is 0 Å². The molecule has 1 heterocycles. The second-order valence-electron chi connectivity index (χ2n) is 4.71. The third-order valence-corrected chi connectivity index (χ3v) is 4.89. The summed E-state index contributed by atoms with van der Waals surface area (Å²) in [6, 6.07) is 1.31. The maximum atomic E-state index is 5.94. The van der Waals surface area contributed by atoms with E-state index in [1.165, 1.54) is 38.6 Å². The van der Waals surface area contributed by atoms with Crippen LogP contribution in [0.3, 0.4) is 0 Å². The van der Waals surface area contributed by atoms with E-state index in [-0.39, 0.29) is 0 Å². The van der Waals surface area contributed by atoms with Gasteiger partial charge in [-0.1, -0.05) is 0 Å². The standard InChI is InChI=1S/C11H22N2S/c1-14-11-4-2-10(3-5-11)13-7-6-9(12)8-13/h9-11H,2-8,12H2,1H3/t9-,10?,11?/m0/s1. The van der Waals surface area contributed by atoms with Crippen molar-refractivity contribution in [2.24, 2.45) is 5.73 Å². The minimum absolute atomic E-state index is 0.452. The van der Waals surface area contributed by atoms with Gasteiger partial charge < -0.3 is 5.73 Å². The number of thioether (sulfide) groups is 1. The molecule has 2 rings (SSSR count). The molecule has 2 fully saturated rings. The number of nitrogens with two attached hydrogens (primary N) is 1. The van der Waals surface area contributed by atoms with E-state index >= 15 is 0 Å². The van der Waals surface area contributed by atoms with E-state index in [2.05, 4.69) is 11.2 Å². The third-order valence-electron chi connectivity index (χ3n) is 3.75. The Balaban J connectivity index is 1.78. The van der Waals surface area contributed by atoms with Crippen molar-refractivity contribution in [1.29, 1.82) is 0 Å². The van der Waals surface area contributed by atoms with Crippen molar-refractivity contribution in [3.63, 3.8) is 0 Å². The first-order valence-corrected chi connectivity index (χ1v) is 7.11. The maximum absolute atomic E-state index is 5.94. The zero-order valence-corrected chi connectivity index (χ0v) is 9.93.